The van der Waals surface area contributed by atoms with Gasteiger partial charge in [-0.1, -0.05) is 6.07 Å². The number of hydrogen-bond acceptors (Lipinski definition) is 3. The van der Waals surface area contributed by atoms with Gasteiger partial charge in [-0.2, -0.15) is 0 Å². The molecule has 134 valence electrons. The Balaban J connectivity index is 1.58. The maximum atomic E-state index is 12.4. The van der Waals surface area contributed by atoms with E-state index >= 15 is 0 Å². The molecule has 25 heavy (non-hydrogen) atoms. The fourth-order valence-corrected chi connectivity index (χ4v) is 3.24. The first-order chi connectivity index (χ1) is 12.0. The van der Waals surface area contributed by atoms with E-state index in [1.165, 1.54) is 5.56 Å². The quantitative estimate of drug-likeness (QED) is 0.828. The lowest BCUT2D eigenvalue weighted by molar-refractivity contribution is -0.119. The molecule has 0 radical (unpaired) electrons. The van der Waals surface area contributed by atoms with Crippen LogP contribution in [0.4, 0.5) is 10.5 Å². The molecule has 1 aromatic rings. The first kappa shape index (κ1) is 17.3. The van der Waals surface area contributed by atoms with Crippen molar-refractivity contribution in [3.05, 3.63) is 29.3 Å². The maximum absolute atomic E-state index is 12.4. The van der Waals surface area contributed by atoms with Gasteiger partial charge >= 0.3 is 6.03 Å². The second-order valence-electron chi connectivity index (χ2n) is 6.75. The first-order valence-electron chi connectivity index (χ1n) is 8.60. The molecule has 2 aliphatic rings. The van der Waals surface area contributed by atoms with E-state index in [4.69, 9.17) is 0 Å². The predicted molar refractivity (Wildman–Crippen MR) is 94.4 cm³/mol. The van der Waals surface area contributed by atoms with E-state index in [-0.39, 0.29) is 18.0 Å². The van der Waals surface area contributed by atoms with Crippen LogP contribution in [-0.4, -0.2) is 66.9 Å². The number of amides is 4. The Morgan fingerprint density at radius 1 is 1.16 bits per heavy atom. The number of piperazine rings is 1. The van der Waals surface area contributed by atoms with Gasteiger partial charge in [-0.25, -0.2) is 4.79 Å². The third-order valence-corrected chi connectivity index (χ3v) is 5.01. The lowest BCUT2D eigenvalue weighted by atomic mass is 10.1. The zero-order chi connectivity index (χ0) is 18.0. The van der Waals surface area contributed by atoms with Crippen LogP contribution in [0.15, 0.2) is 18.2 Å². The fourth-order valence-electron chi connectivity index (χ4n) is 3.24. The zero-order valence-electron chi connectivity index (χ0n) is 14.7. The van der Waals surface area contributed by atoms with Gasteiger partial charge in [0.25, 0.3) is 0 Å². The highest BCUT2D eigenvalue weighted by atomic mass is 16.2. The highest BCUT2D eigenvalue weighted by Gasteiger charge is 2.33. The third kappa shape index (κ3) is 3.75. The molecule has 1 atom stereocenters. The van der Waals surface area contributed by atoms with Crippen molar-refractivity contribution in [1.29, 1.82) is 0 Å². The fraction of sp³-hybridized carbons (Fsp3) is 0.500. The maximum Gasteiger partial charge on any atom is 0.317 e. The van der Waals surface area contributed by atoms with Crippen molar-refractivity contribution in [3.8, 4) is 0 Å². The van der Waals surface area contributed by atoms with Gasteiger partial charge in [-0.3, -0.25) is 9.59 Å². The molecule has 2 aliphatic heterocycles. The highest BCUT2D eigenvalue weighted by molar-refractivity contribution is 5.97. The van der Waals surface area contributed by atoms with E-state index in [0.717, 1.165) is 17.7 Å². The molecule has 0 unspecified atom stereocenters. The summed E-state index contributed by atoms with van der Waals surface area (Å²) in [4.78, 5) is 40.5. The standard InChI is InChI=1S/C18H24N4O3/c1-13-3-4-16(9-14(13)2)22-11-15(10-17(22)24)19-18(25)21-7-5-20(12-23)6-8-21/h3-4,9,12,15H,5-8,10-11H2,1-2H3,(H,19,25)/t15-/m1/s1. The molecule has 0 bridgehead atoms. The lowest BCUT2D eigenvalue weighted by Crippen LogP contribution is -2.53. The van der Waals surface area contributed by atoms with Gasteiger partial charge in [-0.15, -0.1) is 0 Å². The Bertz CT molecular complexity index is 683. The van der Waals surface area contributed by atoms with Crippen LogP contribution in [0.1, 0.15) is 17.5 Å². The van der Waals surface area contributed by atoms with Crippen LogP contribution in [0.2, 0.25) is 0 Å². The number of carbonyl (C=O) groups excluding carboxylic acids is 3. The number of aryl methyl sites for hydroxylation is 2. The van der Waals surface area contributed by atoms with Crippen molar-refractivity contribution in [2.45, 2.75) is 26.3 Å². The van der Waals surface area contributed by atoms with Crippen molar-refractivity contribution >= 4 is 24.0 Å². The van der Waals surface area contributed by atoms with Gasteiger partial charge in [0, 0.05) is 44.8 Å². The van der Waals surface area contributed by atoms with Crippen molar-refractivity contribution in [1.82, 2.24) is 15.1 Å². The molecule has 0 aromatic heterocycles. The molecule has 0 saturated carbocycles. The van der Waals surface area contributed by atoms with E-state index < -0.39 is 0 Å². The predicted octanol–water partition coefficient (Wildman–Crippen LogP) is 0.892. The minimum absolute atomic E-state index is 0.0272. The molecule has 1 aromatic carbocycles. The molecule has 2 heterocycles. The van der Waals surface area contributed by atoms with Crippen LogP contribution in [0, 0.1) is 13.8 Å². The summed E-state index contributed by atoms with van der Waals surface area (Å²) in [5.74, 6) is 0.0272. The summed E-state index contributed by atoms with van der Waals surface area (Å²) >= 11 is 0. The van der Waals surface area contributed by atoms with E-state index in [0.29, 0.717) is 39.1 Å². The molecule has 0 spiro atoms. The van der Waals surface area contributed by atoms with Gasteiger partial charge < -0.3 is 20.0 Å². The van der Waals surface area contributed by atoms with Crippen LogP contribution >= 0.6 is 0 Å². The lowest BCUT2D eigenvalue weighted by Gasteiger charge is -2.33. The highest BCUT2D eigenvalue weighted by Crippen LogP contribution is 2.24. The number of anilines is 1. The summed E-state index contributed by atoms with van der Waals surface area (Å²) in [7, 11) is 0. The van der Waals surface area contributed by atoms with Gasteiger partial charge in [0.2, 0.25) is 12.3 Å². The van der Waals surface area contributed by atoms with Gasteiger partial charge in [-0.05, 0) is 37.1 Å². The van der Waals surface area contributed by atoms with Crippen LogP contribution in [0.3, 0.4) is 0 Å². The average molecular weight is 344 g/mol. The van der Waals surface area contributed by atoms with Crippen molar-refractivity contribution < 1.29 is 14.4 Å². The molecule has 2 fully saturated rings. The van der Waals surface area contributed by atoms with E-state index in [9.17, 15) is 14.4 Å². The molecule has 4 amide bonds. The Hall–Kier alpha value is -2.57. The van der Waals surface area contributed by atoms with Gasteiger partial charge in [0.05, 0.1) is 6.04 Å². The molecule has 0 aliphatic carbocycles. The van der Waals surface area contributed by atoms with E-state index in [2.05, 4.69) is 5.32 Å². The Morgan fingerprint density at radius 3 is 2.52 bits per heavy atom. The number of hydrogen-bond donors (Lipinski definition) is 1. The summed E-state index contributed by atoms with van der Waals surface area (Å²) in [6.45, 7) is 6.69. The molecule has 7 nitrogen and oxygen atoms in total. The monoisotopic (exact) mass is 344 g/mol. The SMILES string of the molecule is Cc1ccc(N2C[C@H](NC(=O)N3CCN(C=O)CC3)CC2=O)cc1C. The van der Waals surface area contributed by atoms with Gasteiger partial charge in [0.1, 0.15) is 0 Å². The third-order valence-electron chi connectivity index (χ3n) is 5.01. The van der Waals surface area contributed by atoms with Crippen LogP contribution in [0.5, 0.6) is 0 Å². The second-order valence-corrected chi connectivity index (χ2v) is 6.75. The summed E-state index contributed by atoms with van der Waals surface area (Å²) in [5.41, 5.74) is 3.21. The summed E-state index contributed by atoms with van der Waals surface area (Å²) in [6, 6.07) is 5.62. The zero-order valence-corrected chi connectivity index (χ0v) is 14.7. The molecule has 3 rings (SSSR count). The van der Waals surface area contributed by atoms with Crippen LogP contribution in [0.25, 0.3) is 0 Å². The molecule has 2 saturated heterocycles. The average Bonchev–Trinajstić information content (AvgIpc) is 2.97. The Morgan fingerprint density at radius 2 is 1.88 bits per heavy atom. The van der Waals surface area contributed by atoms with Crippen LogP contribution in [-0.2, 0) is 9.59 Å². The first-order valence-corrected chi connectivity index (χ1v) is 8.60. The van der Waals surface area contributed by atoms with Crippen molar-refractivity contribution in [2.24, 2.45) is 0 Å². The summed E-state index contributed by atoms with van der Waals surface area (Å²) in [5, 5.41) is 2.96. The smallest absolute Gasteiger partial charge is 0.317 e. The van der Waals surface area contributed by atoms with Crippen molar-refractivity contribution in [2.75, 3.05) is 37.6 Å². The number of urea groups is 1. The molecule has 1 N–H and O–H groups in total. The number of nitrogens with zero attached hydrogens (tertiary/aromatic N) is 3. The molecule has 7 heteroatoms. The number of rotatable bonds is 3. The number of benzene rings is 1. The van der Waals surface area contributed by atoms with Gasteiger partial charge in [0.15, 0.2) is 0 Å². The van der Waals surface area contributed by atoms with Crippen LogP contribution < -0.4 is 10.2 Å². The largest absolute Gasteiger partial charge is 0.342 e. The summed E-state index contributed by atoms with van der Waals surface area (Å²) in [6.07, 6.45) is 1.12. The minimum Gasteiger partial charge on any atom is -0.342 e. The minimum atomic E-state index is -0.189. The normalized spacial score (nSPS) is 20.8. The number of nitrogens with one attached hydrogen (secondary N) is 1. The molecular weight excluding hydrogens is 320 g/mol. The topological polar surface area (TPSA) is 73.0 Å². The molecular formula is C18H24N4O3. The number of carbonyl (C=O) groups is 3. The Labute approximate surface area is 147 Å². The second kappa shape index (κ2) is 7.13. The summed E-state index contributed by atoms with van der Waals surface area (Å²) < 4.78 is 0. The van der Waals surface area contributed by atoms with E-state index in [1.807, 2.05) is 32.0 Å². The van der Waals surface area contributed by atoms with E-state index in [1.54, 1.807) is 14.7 Å². The Kier molecular flexibility index (Phi) is 4.92. The van der Waals surface area contributed by atoms with Crippen molar-refractivity contribution in [3.63, 3.8) is 0 Å².